The van der Waals surface area contributed by atoms with Crippen molar-refractivity contribution >= 4 is 11.9 Å². The summed E-state index contributed by atoms with van der Waals surface area (Å²) in [6, 6.07) is -0.634. The maximum Gasteiger partial charge on any atom is 0.304 e. The molecule has 1 aliphatic rings. The van der Waals surface area contributed by atoms with Crippen molar-refractivity contribution in [3.63, 3.8) is 0 Å². The second kappa shape index (κ2) is 6.23. The van der Waals surface area contributed by atoms with Gasteiger partial charge in [-0.05, 0) is 12.5 Å². The number of hydrogen-bond donors (Lipinski definition) is 0. The molecule has 1 heterocycles. The first-order valence-corrected chi connectivity index (χ1v) is 5.48. The van der Waals surface area contributed by atoms with Gasteiger partial charge in [0.2, 0.25) is 6.29 Å². The first-order valence-electron chi connectivity index (χ1n) is 5.48. The molecule has 4 atom stereocenters. The van der Waals surface area contributed by atoms with Crippen LogP contribution in [0.3, 0.4) is 0 Å². The summed E-state index contributed by atoms with van der Waals surface area (Å²) in [7, 11) is 0. The summed E-state index contributed by atoms with van der Waals surface area (Å²) < 4.78 is 15.4. The SMILES string of the molecule is CC(=O)O[C@H]1C[C@H](OC(C)=O)[C@@H](N=[N+]=[N-])[C@H](C)O1. The number of ether oxygens (including phenoxy) is 3. The van der Waals surface area contributed by atoms with Crippen molar-refractivity contribution in [3.8, 4) is 0 Å². The molecular formula is C10H15N3O5. The zero-order chi connectivity index (χ0) is 13.7. The summed E-state index contributed by atoms with van der Waals surface area (Å²) in [5, 5.41) is 3.55. The van der Waals surface area contributed by atoms with Gasteiger partial charge in [-0.25, -0.2) is 0 Å². The molecule has 0 unspecified atom stereocenters. The molecule has 0 aromatic rings. The maximum absolute atomic E-state index is 11.0. The largest absolute Gasteiger partial charge is 0.462 e. The molecule has 0 spiro atoms. The molecular weight excluding hydrogens is 242 g/mol. The summed E-state index contributed by atoms with van der Waals surface area (Å²) in [5.41, 5.74) is 8.48. The third-order valence-corrected chi connectivity index (χ3v) is 2.45. The fourth-order valence-corrected chi connectivity index (χ4v) is 1.83. The summed E-state index contributed by atoms with van der Waals surface area (Å²) in [5.74, 6) is -0.982. The molecule has 0 saturated carbocycles. The topological polar surface area (TPSA) is 111 Å². The normalized spacial score (nSPS) is 31.1. The Kier molecular flexibility index (Phi) is 4.94. The first kappa shape index (κ1) is 14.3. The van der Waals surface area contributed by atoms with E-state index >= 15 is 0 Å². The third-order valence-electron chi connectivity index (χ3n) is 2.45. The lowest BCUT2D eigenvalue weighted by molar-refractivity contribution is -0.220. The van der Waals surface area contributed by atoms with Crippen molar-refractivity contribution in [2.75, 3.05) is 0 Å². The van der Waals surface area contributed by atoms with Gasteiger partial charge in [-0.3, -0.25) is 9.59 Å². The molecule has 0 bridgehead atoms. The predicted molar refractivity (Wildman–Crippen MR) is 59.2 cm³/mol. The van der Waals surface area contributed by atoms with E-state index < -0.39 is 36.5 Å². The average molecular weight is 257 g/mol. The Morgan fingerprint density at radius 1 is 1.33 bits per heavy atom. The second-order valence-electron chi connectivity index (χ2n) is 3.96. The molecule has 0 aliphatic carbocycles. The Balaban J connectivity index is 2.79. The molecule has 8 heteroatoms. The Hall–Kier alpha value is -1.79. The minimum Gasteiger partial charge on any atom is -0.462 e. The number of azide groups is 1. The van der Waals surface area contributed by atoms with E-state index in [0.29, 0.717) is 0 Å². The van der Waals surface area contributed by atoms with Crippen LogP contribution in [0.2, 0.25) is 0 Å². The zero-order valence-electron chi connectivity index (χ0n) is 10.4. The molecule has 1 aliphatic heterocycles. The van der Waals surface area contributed by atoms with E-state index in [-0.39, 0.29) is 6.42 Å². The van der Waals surface area contributed by atoms with Gasteiger partial charge in [-0.1, -0.05) is 5.11 Å². The number of carbonyl (C=O) groups excluding carboxylic acids is 2. The lowest BCUT2D eigenvalue weighted by Crippen LogP contribution is -2.48. The highest BCUT2D eigenvalue weighted by molar-refractivity contribution is 5.66. The van der Waals surface area contributed by atoms with Crippen LogP contribution in [0.5, 0.6) is 0 Å². The Labute approximate surface area is 104 Å². The van der Waals surface area contributed by atoms with Crippen molar-refractivity contribution in [1.82, 2.24) is 0 Å². The molecule has 0 aromatic heterocycles. The van der Waals surface area contributed by atoms with Gasteiger partial charge in [0.1, 0.15) is 12.1 Å². The monoisotopic (exact) mass is 257 g/mol. The molecule has 0 aromatic carbocycles. The Morgan fingerprint density at radius 2 is 1.94 bits per heavy atom. The number of esters is 2. The van der Waals surface area contributed by atoms with Crippen LogP contribution in [-0.4, -0.2) is 36.5 Å². The first-order chi connectivity index (χ1) is 8.43. The molecule has 0 amide bonds. The van der Waals surface area contributed by atoms with Crippen LogP contribution in [0.4, 0.5) is 0 Å². The molecule has 100 valence electrons. The van der Waals surface area contributed by atoms with Crippen molar-refractivity contribution in [2.24, 2.45) is 5.11 Å². The van der Waals surface area contributed by atoms with Gasteiger partial charge in [0, 0.05) is 25.2 Å². The van der Waals surface area contributed by atoms with Gasteiger partial charge in [0.15, 0.2) is 0 Å². The lowest BCUT2D eigenvalue weighted by atomic mass is 10.00. The van der Waals surface area contributed by atoms with Gasteiger partial charge in [-0.15, -0.1) is 0 Å². The van der Waals surface area contributed by atoms with Crippen LogP contribution < -0.4 is 0 Å². The number of carbonyl (C=O) groups is 2. The minimum atomic E-state index is -0.799. The van der Waals surface area contributed by atoms with E-state index in [4.69, 9.17) is 19.7 Å². The summed E-state index contributed by atoms with van der Waals surface area (Å²) in [6.07, 6.45) is -1.82. The van der Waals surface area contributed by atoms with E-state index in [2.05, 4.69) is 10.0 Å². The summed E-state index contributed by atoms with van der Waals surface area (Å²) >= 11 is 0. The number of nitrogens with zero attached hydrogens (tertiary/aromatic N) is 3. The summed E-state index contributed by atoms with van der Waals surface area (Å²) in [4.78, 5) is 24.6. The highest BCUT2D eigenvalue weighted by Gasteiger charge is 2.39. The standard InChI is InChI=1S/C10H15N3O5/c1-5-10(12-13-11)8(17-6(2)14)4-9(16-5)18-7(3)15/h5,8-10H,4H2,1-3H3/t5-,8-,9-,10-/m0/s1. The van der Waals surface area contributed by atoms with Crippen molar-refractivity contribution in [1.29, 1.82) is 0 Å². The molecule has 0 N–H and O–H groups in total. The van der Waals surface area contributed by atoms with Crippen LogP contribution in [0.1, 0.15) is 27.2 Å². The van der Waals surface area contributed by atoms with E-state index in [1.165, 1.54) is 13.8 Å². The molecule has 1 rings (SSSR count). The van der Waals surface area contributed by atoms with Gasteiger partial charge in [-0.2, -0.15) is 0 Å². The number of hydrogen-bond acceptors (Lipinski definition) is 6. The molecule has 0 radical (unpaired) electrons. The highest BCUT2D eigenvalue weighted by Crippen LogP contribution is 2.26. The fraction of sp³-hybridized carbons (Fsp3) is 0.800. The fourth-order valence-electron chi connectivity index (χ4n) is 1.83. The van der Waals surface area contributed by atoms with E-state index in [1.807, 2.05) is 0 Å². The molecule has 18 heavy (non-hydrogen) atoms. The van der Waals surface area contributed by atoms with Crippen molar-refractivity contribution in [2.45, 2.75) is 51.7 Å². The maximum atomic E-state index is 11.0. The number of rotatable bonds is 3. The lowest BCUT2D eigenvalue weighted by Gasteiger charge is -2.36. The molecule has 1 fully saturated rings. The Morgan fingerprint density at radius 3 is 2.44 bits per heavy atom. The molecule has 8 nitrogen and oxygen atoms in total. The van der Waals surface area contributed by atoms with Crippen LogP contribution in [0.15, 0.2) is 5.11 Å². The van der Waals surface area contributed by atoms with Gasteiger partial charge >= 0.3 is 11.9 Å². The van der Waals surface area contributed by atoms with Crippen molar-refractivity contribution < 1.29 is 23.8 Å². The smallest absolute Gasteiger partial charge is 0.304 e. The highest BCUT2D eigenvalue weighted by atomic mass is 16.7. The van der Waals surface area contributed by atoms with Crippen LogP contribution >= 0.6 is 0 Å². The van der Waals surface area contributed by atoms with Gasteiger partial charge in [0.25, 0.3) is 0 Å². The summed E-state index contributed by atoms with van der Waals surface area (Å²) in [6.45, 7) is 4.17. The van der Waals surface area contributed by atoms with E-state index in [1.54, 1.807) is 6.92 Å². The average Bonchev–Trinajstić information content (AvgIpc) is 2.21. The predicted octanol–water partition coefficient (Wildman–Crippen LogP) is 1.29. The second-order valence-corrected chi connectivity index (χ2v) is 3.96. The van der Waals surface area contributed by atoms with E-state index in [9.17, 15) is 9.59 Å². The van der Waals surface area contributed by atoms with Crippen LogP contribution in [0.25, 0.3) is 10.4 Å². The van der Waals surface area contributed by atoms with E-state index in [0.717, 1.165) is 0 Å². The van der Waals surface area contributed by atoms with Crippen molar-refractivity contribution in [3.05, 3.63) is 10.4 Å². The zero-order valence-corrected chi connectivity index (χ0v) is 10.4. The Bertz CT molecular complexity index is 380. The minimum absolute atomic E-state index is 0.146. The third kappa shape index (κ3) is 3.90. The van der Waals surface area contributed by atoms with Crippen LogP contribution in [-0.2, 0) is 23.8 Å². The quantitative estimate of drug-likeness (QED) is 0.327. The van der Waals surface area contributed by atoms with Gasteiger partial charge in [0.05, 0.1) is 6.10 Å². The molecule has 1 saturated heterocycles. The van der Waals surface area contributed by atoms with Gasteiger partial charge < -0.3 is 14.2 Å². The van der Waals surface area contributed by atoms with Crippen LogP contribution in [0, 0.1) is 0 Å².